The van der Waals surface area contributed by atoms with Crippen LogP contribution in [0.25, 0.3) is 0 Å². The van der Waals surface area contributed by atoms with Crippen molar-refractivity contribution in [3.05, 3.63) is 6.33 Å². The molecule has 1 aromatic heterocycles. The molecule has 0 saturated carbocycles. The predicted molar refractivity (Wildman–Crippen MR) is 76.2 cm³/mol. The molecular formula is C13H23N5O. The van der Waals surface area contributed by atoms with Gasteiger partial charge in [0.2, 0.25) is 5.75 Å². The average molecular weight is 265 g/mol. The minimum atomic E-state index is 0.526. The number of methoxy groups -OCH3 is 1. The highest BCUT2D eigenvalue weighted by atomic mass is 16.5. The molecule has 0 unspecified atom stereocenters. The second kappa shape index (κ2) is 6.06. The van der Waals surface area contributed by atoms with Crippen molar-refractivity contribution in [2.45, 2.75) is 26.7 Å². The Morgan fingerprint density at radius 3 is 2.58 bits per heavy atom. The number of nitrogen functional groups attached to an aromatic ring is 1. The molecule has 1 saturated heterocycles. The smallest absolute Gasteiger partial charge is 0.205 e. The zero-order chi connectivity index (χ0) is 13.8. The first-order valence-corrected chi connectivity index (χ1v) is 6.78. The number of hydrazine groups is 1. The van der Waals surface area contributed by atoms with Gasteiger partial charge in [0.05, 0.1) is 7.11 Å². The zero-order valence-corrected chi connectivity index (χ0v) is 11.9. The maximum absolute atomic E-state index is 5.45. The van der Waals surface area contributed by atoms with Crippen molar-refractivity contribution in [3.8, 4) is 5.75 Å². The van der Waals surface area contributed by atoms with Crippen LogP contribution in [0.5, 0.6) is 5.75 Å². The Morgan fingerprint density at radius 1 is 1.37 bits per heavy atom. The summed E-state index contributed by atoms with van der Waals surface area (Å²) in [6.07, 6.45) is 3.90. The van der Waals surface area contributed by atoms with Crippen molar-refractivity contribution < 1.29 is 4.74 Å². The molecule has 6 nitrogen and oxygen atoms in total. The van der Waals surface area contributed by atoms with Gasteiger partial charge in [0.15, 0.2) is 11.6 Å². The first-order valence-electron chi connectivity index (χ1n) is 6.78. The van der Waals surface area contributed by atoms with Crippen molar-refractivity contribution in [1.29, 1.82) is 0 Å². The lowest BCUT2D eigenvalue weighted by atomic mass is 9.87. The highest BCUT2D eigenvalue weighted by Crippen LogP contribution is 2.34. The summed E-state index contributed by atoms with van der Waals surface area (Å²) in [6.45, 7) is 6.59. The van der Waals surface area contributed by atoms with Crippen LogP contribution < -0.4 is 20.9 Å². The van der Waals surface area contributed by atoms with Crippen LogP contribution in [0.3, 0.4) is 0 Å². The number of rotatable bonds is 4. The van der Waals surface area contributed by atoms with Gasteiger partial charge < -0.3 is 15.1 Å². The van der Waals surface area contributed by atoms with Crippen LogP contribution in [-0.4, -0.2) is 30.2 Å². The van der Waals surface area contributed by atoms with Crippen molar-refractivity contribution in [2.24, 2.45) is 17.7 Å². The molecule has 0 amide bonds. The molecule has 6 heteroatoms. The van der Waals surface area contributed by atoms with E-state index in [1.807, 2.05) is 0 Å². The fraction of sp³-hybridized carbons (Fsp3) is 0.692. The van der Waals surface area contributed by atoms with E-state index in [9.17, 15) is 0 Å². The first-order chi connectivity index (χ1) is 9.17. The van der Waals surface area contributed by atoms with E-state index in [0.717, 1.165) is 30.7 Å². The number of anilines is 2. The Balaban J connectivity index is 2.15. The van der Waals surface area contributed by atoms with Gasteiger partial charge in [-0.2, -0.15) is 0 Å². The van der Waals surface area contributed by atoms with Crippen LogP contribution in [0.4, 0.5) is 11.6 Å². The van der Waals surface area contributed by atoms with Gasteiger partial charge in [-0.15, -0.1) is 0 Å². The molecule has 0 radical (unpaired) electrons. The van der Waals surface area contributed by atoms with E-state index in [0.29, 0.717) is 11.6 Å². The second-order valence-electron chi connectivity index (χ2n) is 5.29. The van der Waals surface area contributed by atoms with E-state index in [1.54, 1.807) is 7.11 Å². The molecule has 0 spiro atoms. The molecule has 19 heavy (non-hydrogen) atoms. The van der Waals surface area contributed by atoms with Gasteiger partial charge >= 0.3 is 0 Å². The van der Waals surface area contributed by atoms with Gasteiger partial charge in [0.25, 0.3) is 0 Å². The quantitative estimate of drug-likeness (QED) is 0.636. The van der Waals surface area contributed by atoms with Gasteiger partial charge in [-0.05, 0) is 24.7 Å². The number of nitrogens with one attached hydrogen (secondary N) is 1. The van der Waals surface area contributed by atoms with E-state index in [2.05, 4.69) is 34.1 Å². The molecule has 2 heterocycles. The normalized spacial score (nSPS) is 16.8. The molecule has 0 bridgehead atoms. The molecular weight excluding hydrogens is 242 g/mol. The van der Waals surface area contributed by atoms with Crippen LogP contribution in [-0.2, 0) is 0 Å². The molecule has 0 aliphatic carbocycles. The van der Waals surface area contributed by atoms with Crippen LogP contribution in [0.2, 0.25) is 0 Å². The number of ether oxygens (including phenoxy) is 1. The molecule has 1 aromatic rings. The summed E-state index contributed by atoms with van der Waals surface area (Å²) < 4.78 is 5.39. The monoisotopic (exact) mass is 265 g/mol. The second-order valence-corrected chi connectivity index (χ2v) is 5.29. The van der Waals surface area contributed by atoms with Gasteiger partial charge in [0, 0.05) is 13.1 Å². The Kier molecular flexibility index (Phi) is 4.42. The summed E-state index contributed by atoms with van der Waals surface area (Å²) in [7, 11) is 1.61. The molecule has 0 atom stereocenters. The van der Waals surface area contributed by atoms with Crippen molar-refractivity contribution in [3.63, 3.8) is 0 Å². The van der Waals surface area contributed by atoms with Gasteiger partial charge in [0.1, 0.15) is 6.33 Å². The first kappa shape index (κ1) is 13.9. The molecule has 3 N–H and O–H groups in total. The Labute approximate surface area is 114 Å². The third-order valence-corrected chi connectivity index (χ3v) is 3.91. The Bertz CT molecular complexity index is 415. The lowest BCUT2D eigenvalue weighted by molar-refractivity contribution is 0.309. The van der Waals surface area contributed by atoms with Crippen molar-refractivity contribution in [2.75, 3.05) is 30.5 Å². The number of nitrogens with two attached hydrogens (primary N) is 1. The van der Waals surface area contributed by atoms with Crippen LogP contribution in [0.1, 0.15) is 26.7 Å². The lowest BCUT2D eigenvalue weighted by Crippen LogP contribution is -2.36. The van der Waals surface area contributed by atoms with Gasteiger partial charge in [-0.3, -0.25) is 0 Å². The van der Waals surface area contributed by atoms with E-state index in [-0.39, 0.29) is 0 Å². The zero-order valence-electron chi connectivity index (χ0n) is 11.9. The molecule has 1 aliphatic rings. The average Bonchev–Trinajstić information content (AvgIpc) is 2.46. The number of hydrogen-bond donors (Lipinski definition) is 2. The summed E-state index contributed by atoms with van der Waals surface area (Å²) in [5.41, 5.74) is 2.55. The highest BCUT2D eigenvalue weighted by molar-refractivity contribution is 5.64. The predicted octanol–water partition coefficient (Wildman–Crippen LogP) is 1.64. The van der Waals surface area contributed by atoms with Crippen LogP contribution >= 0.6 is 0 Å². The van der Waals surface area contributed by atoms with Crippen molar-refractivity contribution >= 4 is 11.6 Å². The number of nitrogens with zero attached hydrogens (tertiary/aromatic N) is 3. The summed E-state index contributed by atoms with van der Waals surface area (Å²) in [5.74, 6) is 8.97. The maximum Gasteiger partial charge on any atom is 0.205 e. The van der Waals surface area contributed by atoms with E-state index in [4.69, 9.17) is 10.6 Å². The molecule has 0 aromatic carbocycles. The molecule has 2 rings (SSSR count). The van der Waals surface area contributed by atoms with Crippen LogP contribution in [0, 0.1) is 11.8 Å². The molecule has 106 valence electrons. The maximum atomic E-state index is 5.45. The van der Waals surface area contributed by atoms with Crippen molar-refractivity contribution in [1.82, 2.24) is 9.97 Å². The summed E-state index contributed by atoms with van der Waals surface area (Å²) in [5, 5.41) is 0. The molecule has 1 fully saturated rings. The van der Waals surface area contributed by atoms with E-state index >= 15 is 0 Å². The van der Waals surface area contributed by atoms with Gasteiger partial charge in [-0.25, -0.2) is 15.8 Å². The largest absolute Gasteiger partial charge is 0.490 e. The fourth-order valence-corrected chi connectivity index (χ4v) is 2.66. The fourth-order valence-electron chi connectivity index (χ4n) is 2.66. The third-order valence-electron chi connectivity index (χ3n) is 3.91. The Morgan fingerprint density at radius 2 is 2.05 bits per heavy atom. The summed E-state index contributed by atoms with van der Waals surface area (Å²) in [4.78, 5) is 10.7. The minimum Gasteiger partial charge on any atom is -0.490 e. The number of hydrogen-bond acceptors (Lipinski definition) is 6. The lowest BCUT2D eigenvalue weighted by Gasteiger charge is -2.35. The molecule has 1 aliphatic heterocycles. The number of piperidine rings is 1. The van der Waals surface area contributed by atoms with Crippen LogP contribution in [0.15, 0.2) is 6.33 Å². The number of aromatic nitrogens is 2. The minimum absolute atomic E-state index is 0.526. The van der Waals surface area contributed by atoms with E-state index < -0.39 is 0 Å². The van der Waals surface area contributed by atoms with Gasteiger partial charge in [-0.1, -0.05) is 13.8 Å². The van der Waals surface area contributed by atoms with E-state index in [1.165, 1.54) is 19.2 Å². The summed E-state index contributed by atoms with van der Waals surface area (Å²) in [6, 6.07) is 0. The standard InChI is InChI=1S/C13H23N5O/c1-9(2)10-4-6-18(7-5-10)13-11(19-3)12(17-14)15-8-16-13/h8-10H,4-7,14H2,1-3H3,(H,15,16,17). The summed E-state index contributed by atoms with van der Waals surface area (Å²) >= 11 is 0. The third kappa shape index (κ3) is 2.89. The SMILES string of the molecule is COc1c(NN)ncnc1N1CCC(C(C)C)CC1. The Hall–Kier alpha value is -1.56. The topological polar surface area (TPSA) is 76.3 Å². The highest BCUT2D eigenvalue weighted by Gasteiger charge is 2.25.